The lowest BCUT2D eigenvalue weighted by molar-refractivity contribution is -0.154. The Morgan fingerprint density at radius 1 is 1.54 bits per heavy atom. The van der Waals surface area contributed by atoms with Crippen LogP contribution in [-0.2, 0) is 9.53 Å². The Bertz CT molecular complexity index is 211. The lowest BCUT2D eigenvalue weighted by Crippen LogP contribution is -2.47. The average molecular weight is 183 g/mol. The predicted octanol–water partition coefficient (Wildman–Crippen LogP) is 0.863. The van der Waals surface area contributed by atoms with Crippen molar-refractivity contribution in [2.75, 3.05) is 13.2 Å². The van der Waals surface area contributed by atoms with Gasteiger partial charge in [0.1, 0.15) is 5.78 Å². The monoisotopic (exact) mass is 183 g/mol. The second-order valence-corrected chi connectivity index (χ2v) is 4.25. The first-order valence-electron chi connectivity index (χ1n) is 5.12. The lowest BCUT2D eigenvalue weighted by atomic mass is 9.71. The van der Waals surface area contributed by atoms with Crippen molar-refractivity contribution in [3.63, 3.8) is 0 Å². The molecule has 1 unspecified atom stereocenters. The molecule has 0 amide bonds. The van der Waals surface area contributed by atoms with Crippen molar-refractivity contribution in [1.82, 2.24) is 0 Å². The van der Waals surface area contributed by atoms with Gasteiger partial charge in [-0.2, -0.15) is 0 Å². The van der Waals surface area contributed by atoms with Crippen molar-refractivity contribution in [1.29, 1.82) is 0 Å². The Labute approximate surface area is 78.6 Å². The maximum absolute atomic E-state index is 11.4. The smallest absolute Gasteiger partial charge is 0.149 e. The fourth-order valence-electron chi connectivity index (χ4n) is 2.39. The Morgan fingerprint density at radius 2 is 2.31 bits per heavy atom. The number of ketones is 1. The van der Waals surface area contributed by atoms with Crippen LogP contribution in [0.1, 0.15) is 32.1 Å². The lowest BCUT2D eigenvalue weighted by Gasteiger charge is -2.46. The highest BCUT2D eigenvalue weighted by Crippen LogP contribution is 2.44. The molecular weight excluding hydrogens is 166 g/mol. The largest absolute Gasteiger partial charge is 0.375 e. The van der Waals surface area contributed by atoms with E-state index in [0.29, 0.717) is 0 Å². The molecule has 1 spiro atoms. The van der Waals surface area contributed by atoms with Crippen LogP contribution >= 0.6 is 0 Å². The highest BCUT2D eigenvalue weighted by Gasteiger charge is 2.43. The van der Waals surface area contributed by atoms with Gasteiger partial charge in [0.05, 0.1) is 12.1 Å². The summed E-state index contributed by atoms with van der Waals surface area (Å²) < 4.78 is 5.73. The highest BCUT2D eigenvalue weighted by molar-refractivity contribution is 5.82. The predicted molar refractivity (Wildman–Crippen MR) is 49.3 cm³/mol. The van der Waals surface area contributed by atoms with Crippen molar-refractivity contribution in [2.24, 2.45) is 11.7 Å². The molecule has 1 saturated heterocycles. The van der Waals surface area contributed by atoms with Gasteiger partial charge in [0.2, 0.25) is 0 Å². The second kappa shape index (κ2) is 3.39. The fraction of sp³-hybridized carbons (Fsp3) is 0.900. The third-order valence-electron chi connectivity index (χ3n) is 3.41. The number of Topliss-reactive ketones (excluding diaryl/α,β-unsaturated/α-hetero) is 1. The van der Waals surface area contributed by atoms with Gasteiger partial charge in [0.25, 0.3) is 0 Å². The van der Waals surface area contributed by atoms with Crippen LogP contribution in [0, 0.1) is 5.92 Å². The summed E-state index contributed by atoms with van der Waals surface area (Å²) in [6, 6.07) is 0. The van der Waals surface area contributed by atoms with E-state index in [0.717, 1.165) is 32.3 Å². The van der Waals surface area contributed by atoms with Crippen LogP contribution in [0.5, 0.6) is 0 Å². The third kappa shape index (κ3) is 1.63. The summed E-state index contributed by atoms with van der Waals surface area (Å²) in [6.45, 7) is 0.942. The Balaban J connectivity index is 1.95. The van der Waals surface area contributed by atoms with Crippen molar-refractivity contribution in [2.45, 2.75) is 37.7 Å². The third-order valence-corrected chi connectivity index (χ3v) is 3.41. The van der Waals surface area contributed by atoms with Crippen molar-refractivity contribution in [3.05, 3.63) is 0 Å². The van der Waals surface area contributed by atoms with E-state index in [-0.39, 0.29) is 23.8 Å². The summed E-state index contributed by atoms with van der Waals surface area (Å²) >= 11 is 0. The SMILES string of the molecule is NCC(=O)C1CCOC2(CCC2)C1. The molecule has 0 aromatic carbocycles. The van der Waals surface area contributed by atoms with Gasteiger partial charge in [-0.15, -0.1) is 0 Å². The van der Waals surface area contributed by atoms with E-state index in [1.54, 1.807) is 0 Å². The Kier molecular flexibility index (Phi) is 2.39. The van der Waals surface area contributed by atoms with Crippen LogP contribution in [-0.4, -0.2) is 24.5 Å². The van der Waals surface area contributed by atoms with Gasteiger partial charge >= 0.3 is 0 Å². The molecule has 0 aromatic heterocycles. The molecule has 0 bridgehead atoms. The molecule has 1 saturated carbocycles. The molecule has 3 heteroatoms. The topological polar surface area (TPSA) is 52.3 Å². The minimum Gasteiger partial charge on any atom is -0.375 e. The molecule has 1 heterocycles. The van der Waals surface area contributed by atoms with Crippen LogP contribution in [0.15, 0.2) is 0 Å². The molecule has 1 atom stereocenters. The molecule has 13 heavy (non-hydrogen) atoms. The molecule has 1 aliphatic heterocycles. The van der Waals surface area contributed by atoms with Gasteiger partial charge in [-0.1, -0.05) is 0 Å². The Hall–Kier alpha value is -0.410. The van der Waals surface area contributed by atoms with Gasteiger partial charge in [-0.25, -0.2) is 0 Å². The highest BCUT2D eigenvalue weighted by atomic mass is 16.5. The van der Waals surface area contributed by atoms with Crippen LogP contribution in [0.4, 0.5) is 0 Å². The molecule has 0 radical (unpaired) electrons. The van der Waals surface area contributed by atoms with Gasteiger partial charge in [-0.05, 0) is 32.1 Å². The zero-order chi connectivity index (χ0) is 9.31. The molecule has 2 fully saturated rings. The summed E-state index contributed by atoms with van der Waals surface area (Å²) in [5, 5.41) is 0. The minimum atomic E-state index is 0.0771. The number of hydrogen-bond acceptors (Lipinski definition) is 3. The van der Waals surface area contributed by atoms with E-state index in [4.69, 9.17) is 10.5 Å². The molecule has 74 valence electrons. The minimum absolute atomic E-state index is 0.0771. The molecule has 3 nitrogen and oxygen atoms in total. The molecule has 0 aromatic rings. The first kappa shape index (κ1) is 9.16. The maximum Gasteiger partial charge on any atom is 0.149 e. The number of rotatable bonds is 2. The number of ether oxygens (including phenoxy) is 1. The zero-order valence-electron chi connectivity index (χ0n) is 7.92. The van der Waals surface area contributed by atoms with Crippen molar-refractivity contribution < 1.29 is 9.53 Å². The molecule has 2 rings (SSSR count). The van der Waals surface area contributed by atoms with Crippen molar-refractivity contribution >= 4 is 5.78 Å². The average Bonchev–Trinajstić information content (AvgIpc) is 2.14. The van der Waals surface area contributed by atoms with E-state index in [1.807, 2.05) is 0 Å². The molecular formula is C10H17NO2. The van der Waals surface area contributed by atoms with Crippen LogP contribution in [0.3, 0.4) is 0 Å². The quantitative estimate of drug-likeness (QED) is 0.691. The maximum atomic E-state index is 11.4. The summed E-state index contributed by atoms with van der Waals surface area (Å²) in [5.41, 5.74) is 5.44. The van der Waals surface area contributed by atoms with Crippen LogP contribution < -0.4 is 5.73 Å². The standard InChI is InChI=1S/C10H17NO2/c11-7-9(12)8-2-5-13-10(6-8)3-1-4-10/h8H,1-7,11H2. The van der Waals surface area contributed by atoms with E-state index in [1.165, 1.54) is 6.42 Å². The first-order chi connectivity index (χ1) is 6.26. The molecule has 2 aliphatic rings. The van der Waals surface area contributed by atoms with Gasteiger partial charge in [0.15, 0.2) is 0 Å². The van der Waals surface area contributed by atoms with Crippen molar-refractivity contribution in [3.8, 4) is 0 Å². The summed E-state index contributed by atoms with van der Waals surface area (Å²) in [6.07, 6.45) is 5.33. The van der Waals surface area contributed by atoms with Gasteiger partial charge < -0.3 is 10.5 Å². The molecule has 2 N–H and O–H groups in total. The van der Waals surface area contributed by atoms with E-state index in [9.17, 15) is 4.79 Å². The number of hydrogen-bond donors (Lipinski definition) is 1. The number of carbonyl (C=O) groups is 1. The Morgan fingerprint density at radius 3 is 2.85 bits per heavy atom. The van der Waals surface area contributed by atoms with Gasteiger partial charge in [-0.3, -0.25) is 4.79 Å². The second-order valence-electron chi connectivity index (χ2n) is 4.25. The number of nitrogens with two attached hydrogens (primary N) is 1. The first-order valence-corrected chi connectivity index (χ1v) is 5.12. The van der Waals surface area contributed by atoms with E-state index < -0.39 is 0 Å². The fourth-order valence-corrected chi connectivity index (χ4v) is 2.39. The summed E-state index contributed by atoms with van der Waals surface area (Å²) in [5.74, 6) is 0.397. The summed E-state index contributed by atoms with van der Waals surface area (Å²) in [7, 11) is 0. The van der Waals surface area contributed by atoms with Crippen LogP contribution in [0.2, 0.25) is 0 Å². The normalized spacial score (nSPS) is 31.3. The van der Waals surface area contributed by atoms with Crippen LogP contribution in [0.25, 0.3) is 0 Å². The van der Waals surface area contributed by atoms with Gasteiger partial charge in [0, 0.05) is 12.5 Å². The van der Waals surface area contributed by atoms with E-state index in [2.05, 4.69) is 0 Å². The zero-order valence-corrected chi connectivity index (χ0v) is 7.92. The van der Waals surface area contributed by atoms with E-state index >= 15 is 0 Å². The summed E-state index contributed by atoms with van der Waals surface area (Å²) in [4.78, 5) is 11.4. The number of carbonyl (C=O) groups excluding carboxylic acids is 1. The molecule has 1 aliphatic carbocycles.